The monoisotopic (exact) mass is 525 g/mol. The third kappa shape index (κ3) is 5.79. The molecular weight excluding hydrogens is 490 g/mol. The van der Waals surface area contributed by atoms with E-state index in [1.54, 1.807) is 6.33 Å². The van der Waals surface area contributed by atoms with E-state index in [1.807, 2.05) is 37.4 Å². The predicted octanol–water partition coefficient (Wildman–Crippen LogP) is 3.98. The van der Waals surface area contributed by atoms with Gasteiger partial charge in [0.05, 0.1) is 46.7 Å². The van der Waals surface area contributed by atoms with E-state index in [9.17, 15) is 4.79 Å². The quantitative estimate of drug-likeness (QED) is 0.334. The van der Waals surface area contributed by atoms with Crippen molar-refractivity contribution in [3.63, 3.8) is 0 Å². The molecule has 0 spiro atoms. The number of hydrogen-bond donors (Lipinski definition) is 2. The summed E-state index contributed by atoms with van der Waals surface area (Å²) in [6, 6.07) is 14.3. The zero-order valence-corrected chi connectivity index (χ0v) is 22.6. The molecule has 0 aliphatic carbocycles. The SMILES string of the molecule is Cc1cccc(-c2[nH]cnc2-c2ccc3ncc(NCCN4CC[C@H](C(=O)O[C@H]5CCN(C)C5)C4)cc3c2)n1. The molecule has 0 amide bonds. The standard InChI is InChI=1S/C30H35N7O2/c1-20-4-3-5-27(35-20)29-28(33-19-34-29)21-6-7-26-23(14-21)15-24(16-32-26)31-10-13-37-12-8-22(17-37)30(38)39-25-9-11-36(2)18-25/h3-7,14-16,19,22,25,31H,8-13,17-18H2,1-2H3,(H,33,34)/t22-,25-/m0/s1. The van der Waals surface area contributed by atoms with Crippen LogP contribution in [0, 0.1) is 12.8 Å². The summed E-state index contributed by atoms with van der Waals surface area (Å²) in [6.07, 6.45) is 5.45. The number of aromatic amines is 1. The number of ether oxygens (including phenoxy) is 1. The van der Waals surface area contributed by atoms with Gasteiger partial charge in [0.1, 0.15) is 6.10 Å². The van der Waals surface area contributed by atoms with Crippen molar-refractivity contribution in [2.75, 3.05) is 51.6 Å². The summed E-state index contributed by atoms with van der Waals surface area (Å²) in [5.41, 5.74) is 6.54. The fraction of sp³-hybridized carbons (Fsp3) is 0.400. The molecular formula is C30H35N7O2. The van der Waals surface area contributed by atoms with Crippen molar-refractivity contribution in [1.29, 1.82) is 0 Å². The lowest BCUT2D eigenvalue weighted by molar-refractivity contribution is -0.152. The summed E-state index contributed by atoms with van der Waals surface area (Å²) in [6.45, 7) is 7.18. The predicted molar refractivity (Wildman–Crippen MR) is 152 cm³/mol. The molecule has 5 heterocycles. The van der Waals surface area contributed by atoms with Gasteiger partial charge in [-0.3, -0.25) is 14.8 Å². The highest BCUT2D eigenvalue weighted by Crippen LogP contribution is 2.30. The molecule has 6 rings (SSSR count). The van der Waals surface area contributed by atoms with Crippen LogP contribution in [-0.2, 0) is 9.53 Å². The van der Waals surface area contributed by atoms with Gasteiger partial charge in [0.15, 0.2) is 0 Å². The van der Waals surface area contributed by atoms with Crippen molar-refractivity contribution in [3.8, 4) is 22.6 Å². The second-order valence-electron chi connectivity index (χ2n) is 10.7. The maximum absolute atomic E-state index is 12.6. The Morgan fingerprint density at radius 2 is 2.05 bits per heavy atom. The molecule has 2 aliphatic rings. The fourth-order valence-electron chi connectivity index (χ4n) is 5.60. The van der Waals surface area contributed by atoms with Gasteiger partial charge < -0.3 is 24.8 Å². The Balaban J connectivity index is 1.07. The van der Waals surface area contributed by atoms with Gasteiger partial charge in [0, 0.05) is 49.4 Å². The first-order chi connectivity index (χ1) is 19.0. The minimum absolute atomic E-state index is 0.0152. The Morgan fingerprint density at radius 3 is 2.90 bits per heavy atom. The second kappa shape index (κ2) is 11.1. The molecule has 2 aliphatic heterocycles. The molecule has 39 heavy (non-hydrogen) atoms. The number of fused-ring (bicyclic) bond motifs is 1. The van der Waals surface area contributed by atoms with Crippen molar-refractivity contribution < 1.29 is 9.53 Å². The molecule has 9 heteroatoms. The summed E-state index contributed by atoms with van der Waals surface area (Å²) in [5.74, 6) is -0.0443. The van der Waals surface area contributed by atoms with Crippen LogP contribution >= 0.6 is 0 Å². The van der Waals surface area contributed by atoms with Crippen molar-refractivity contribution in [2.24, 2.45) is 5.92 Å². The number of aromatic nitrogens is 4. The van der Waals surface area contributed by atoms with Gasteiger partial charge in [-0.25, -0.2) is 4.98 Å². The number of rotatable bonds is 8. The molecule has 0 saturated carbocycles. The summed E-state index contributed by atoms with van der Waals surface area (Å²) in [4.78, 5) is 34.3. The molecule has 1 aromatic carbocycles. The third-order valence-electron chi connectivity index (χ3n) is 7.73. The normalized spacial score (nSPS) is 20.1. The largest absolute Gasteiger partial charge is 0.461 e. The van der Waals surface area contributed by atoms with Gasteiger partial charge >= 0.3 is 5.97 Å². The van der Waals surface area contributed by atoms with Crippen LogP contribution in [0.2, 0.25) is 0 Å². The van der Waals surface area contributed by atoms with Crippen LogP contribution in [-0.4, -0.2) is 88.1 Å². The molecule has 202 valence electrons. The van der Waals surface area contributed by atoms with Gasteiger partial charge in [-0.1, -0.05) is 12.1 Å². The average molecular weight is 526 g/mol. The maximum Gasteiger partial charge on any atom is 0.310 e. The number of esters is 1. The first kappa shape index (κ1) is 25.5. The van der Waals surface area contributed by atoms with Gasteiger partial charge in [-0.2, -0.15) is 0 Å². The van der Waals surface area contributed by atoms with Crippen LogP contribution in [0.4, 0.5) is 5.69 Å². The molecule has 3 aromatic heterocycles. The Hall–Kier alpha value is -3.82. The number of nitrogens with one attached hydrogen (secondary N) is 2. The van der Waals surface area contributed by atoms with Crippen LogP contribution < -0.4 is 5.32 Å². The van der Waals surface area contributed by atoms with Crippen molar-refractivity contribution in [3.05, 3.63) is 60.7 Å². The molecule has 0 radical (unpaired) electrons. The van der Waals surface area contributed by atoms with E-state index in [-0.39, 0.29) is 18.0 Å². The minimum Gasteiger partial charge on any atom is -0.461 e. The Morgan fingerprint density at radius 1 is 1.13 bits per heavy atom. The highest BCUT2D eigenvalue weighted by molar-refractivity contribution is 5.88. The van der Waals surface area contributed by atoms with E-state index in [0.29, 0.717) is 0 Å². The number of H-pyrrole nitrogens is 1. The smallest absolute Gasteiger partial charge is 0.310 e. The topological polar surface area (TPSA) is 99.3 Å². The van der Waals surface area contributed by atoms with Crippen LogP contribution in [0.15, 0.2) is 55.0 Å². The van der Waals surface area contributed by atoms with E-state index >= 15 is 0 Å². The van der Waals surface area contributed by atoms with Gasteiger partial charge in [-0.05, 0) is 63.7 Å². The second-order valence-corrected chi connectivity index (χ2v) is 10.7. The van der Waals surface area contributed by atoms with Crippen molar-refractivity contribution >= 4 is 22.6 Å². The third-order valence-corrected chi connectivity index (χ3v) is 7.73. The molecule has 0 bridgehead atoms. The number of anilines is 1. The first-order valence-electron chi connectivity index (χ1n) is 13.7. The van der Waals surface area contributed by atoms with Crippen molar-refractivity contribution in [1.82, 2.24) is 29.7 Å². The van der Waals surface area contributed by atoms with Crippen LogP contribution in [0.25, 0.3) is 33.5 Å². The van der Waals surface area contributed by atoms with E-state index in [1.165, 1.54) is 0 Å². The summed E-state index contributed by atoms with van der Waals surface area (Å²) in [7, 11) is 2.07. The van der Waals surface area contributed by atoms with Gasteiger partial charge in [0.25, 0.3) is 0 Å². The Labute approximate surface area is 228 Å². The zero-order valence-electron chi connectivity index (χ0n) is 22.6. The minimum atomic E-state index is -0.0291. The number of likely N-dealkylation sites (N-methyl/N-ethyl adjacent to an activating group) is 1. The Bertz CT molecular complexity index is 1470. The van der Waals surface area contributed by atoms with Gasteiger partial charge in [0.2, 0.25) is 0 Å². The molecule has 0 unspecified atom stereocenters. The number of imidazole rings is 1. The maximum atomic E-state index is 12.6. The lowest BCUT2D eigenvalue weighted by atomic mass is 10.0. The number of carbonyl (C=O) groups excluding carboxylic acids is 1. The van der Waals surface area contributed by atoms with E-state index in [0.717, 1.165) is 97.0 Å². The number of aryl methyl sites for hydroxylation is 1. The number of nitrogens with zero attached hydrogens (tertiary/aromatic N) is 5. The van der Waals surface area contributed by atoms with Crippen LogP contribution in [0.1, 0.15) is 18.5 Å². The van der Waals surface area contributed by atoms with Crippen LogP contribution in [0.5, 0.6) is 0 Å². The van der Waals surface area contributed by atoms with E-state index < -0.39 is 0 Å². The van der Waals surface area contributed by atoms with Gasteiger partial charge in [-0.15, -0.1) is 0 Å². The zero-order chi connectivity index (χ0) is 26.8. The summed E-state index contributed by atoms with van der Waals surface area (Å²) >= 11 is 0. The number of hydrogen-bond acceptors (Lipinski definition) is 8. The molecule has 2 atom stereocenters. The molecule has 2 fully saturated rings. The van der Waals surface area contributed by atoms with Crippen LogP contribution in [0.3, 0.4) is 0 Å². The lowest BCUT2D eigenvalue weighted by Crippen LogP contribution is -2.30. The summed E-state index contributed by atoms with van der Waals surface area (Å²) < 4.78 is 5.76. The summed E-state index contributed by atoms with van der Waals surface area (Å²) in [5, 5.41) is 4.56. The number of benzene rings is 1. The highest BCUT2D eigenvalue weighted by Gasteiger charge is 2.32. The fourth-order valence-corrected chi connectivity index (χ4v) is 5.60. The number of carbonyl (C=O) groups is 1. The molecule has 2 N–H and O–H groups in total. The van der Waals surface area contributed by atoms with E-state index in [2.05, 4.69) is 60.3 Å². The molecule has 2 saturated heterocycles. The average Bonchev–Trinajstić information content (AvgIpc) is 3.70. The molecule has 9 nitrogen and oxygen atoms in total. The Kier molecular flexibility index (Phi) is 7.26. The number of pyridine rings is 2. The first-order valence-corrected chi connectivity index (χ1v) is 13.7. The highest BCUT2D eigenvalue weighted by atomic mass is 16.5. The van der Waals surface area contributed by atoms with E-state index in [4.69, 9.17) is 4.74 Å². The molecule has 4 aromatic rings. The lowest BCUT2D eigenvalue weighted by Gasteiger charge is -2.18. The van der Waals surface area contributed by atoms with Crippen molar-refractivity contribution in [2.45, 2.75) is 25.9 Å². The number of likely N-dealkylation sites (tertiary alicyclic amines) is 2.